The number of nitrogens with one attached hydrogen (secondary N) is 1. The van der Waals surface area contributed by atoms with E-state index >= 15 is 0 Å². The Labute approximate surface area is 104 Å². The lowest BCUT2D eigenvalue weighted by Gasteiger charge is -2.37. The Morgan fingerprint density at radius 3 is 2.94 bits per heavy atom. The van der Waals surface area contributed by atoms with E-state index in [4.69, 9.17) is 10.8 Å². The van der Waals surface area contributed by atoms with Crippen molar-refractivity contribution in [1.29, 1.82) is 0 Å². The Bertz CT molecular complexity index is 599. The topological polar surface area (TPSA) is 82.3 Å². The average Bonchev–Trinajstić information content (AvgIpc) is 2.73. The molecule has 1 fully saturated rings. The number of aliphatic hydroxyl groups is 1. The summed E-state index contributed by atoms with van der Waals surface area (Å²) in [6, 6.07) is 7.41. The molecule has 1 amide bonds. The van der Waals surface area contributed by atoms with Gasteiger partial charge in [-0.2, -0.15) is 0 Å². The molecule has 4 N–H and O–H groups in total. The highest BCUT2D eigenvalue weighted by Crippen LogP contribution is 2.24. The average molecular weight is 245 g/mol. The standard InChI is InChI=1S/C13H15N3O2/c14-10-3-1-2-9-4-11(15-12(9)10)13(18)16-5-8(6-16)7-17/h1-4,8,15,17H,5-7,14H2. The first-order valence-electron chi connectivity index (χ1n) is 5.96. The molecule has 5 nitrogen and oxygen atoms in total. The van der Waals surface area contributed by atoms with Crippen LogP contribution in [-0.4, -0.2) is 40.6 Å². The maximum absolute atomic E-state index is 12.1. The molecule has 2 heterocycles. The zero-order valence-electron chi connectivity index (χ0n) is 9.89. The molecule has 0 radical (unpaired) electrons. The summed E-state index contributed by atoms with van der Waals surface area (Å²) in [4.78, 5) is 16.9. The number of likely N-dealkylation sites (tertiary alicyclic amines) is 1. The Hall–Kier alpha value is -2.01. The molecule has 0 saturated carbocycles. The van der Waals surface area contributed by atoms with E-state index in [1.807, 2.05) is 18.2 Å². The summed E-state index contributed by atoms with van der Waals surface area (Å²) in [5.41, 5.74) is 7.85. The van der Waals surface area contributed by atoms with Gasteiger partial charge in [-0.25, -0.2) is 0 Å². The van der Waals surface area contributed by atoms with E-state index in [1.54, 1.807) is 11.0 Å². The number of aliphatic hydroxyl groups excluding tert-OH is 1. The van der Waals surface area contributed by atoms with Crippen molar-refractivity contribution in [2.75, 3.05) is 25.4 Å². The molecule has 1 aliphatic heterocycles. The predicted molar refractivity (Wildman–Crippen MR) is 69.2 cm³/mol. The third-order valence-corrected chi connectivity index (χ3v) is 3.42. The van der Waals surface area contributed by atoms with E-state index in [-0.39, 0.29) is 18.4 Å². The van der Waals surface area contributed by atoms with E-state index in [0.717, 1.165) is 10.9 Å². The molecule has 0 atom stereocenters. The predicted octanol–water partition coefficient (Wildman–Crippen LogP) is 0.814. The van der Waals surface area contributed by atoms with Crippen LogP contribution < -0.4 is 5.73 Å². The van der Waals surface area contributed by atoms with Crippen molar-refractivity contribution in [3.8, 4) is 0 Å². The van der Waals surface area contributed by atoms with Gasteiger partial charge in [0.15, 0.2) is 0 Å². The maximum Gasteiger partial charge on any atom is 0.270 e. The summed E-state index contributed by atoms with van der Waals surface area (Å²) in [7, 11) is 0. The molecule has 0 unspecified atom stereocenters. The molecule has 1 aromatic carbocycles. The number of carbonyl (C=O) groups is 1. The first-order valence-corrected chi connectivity index (χ1v) is 5.96. The highest BCUT2D eigenvalue weighted by molar-refractivity contribution is 6.01. The van der Waals surface area contributed by atoms with Crippen LogP contribution >= 0.6 is 0 Å². The second kappa shape index (κ2) is 4.03. The van der Waals surface area contributed by atoms with Crippen molar-refractivity contribution in [1.82, 2.24) is 9.88 Å². The molecule has 2 aromatic rings. The number of aromatic amines is 1. The molecule has 3 rings (SSSR count). The number of H-pyrrole nitrogens is 1. The molecule has 18 heavy (non-hydrogen) atoms. The number of fused-ring (bicyclic) bond motifs is 1. The number of carbonyl (C=O) groups excluding carboxylic acids is 1. The van der Waals surface area contributed by atoms with Crippen molar-refractivity contribution in [3.63, 3.8) is 0 Å². The largest absolute Gasteiger partial charge is 0.397 e. The first-order chi connectivity index (χ1) is 8.69. The lowest BCUT2D eigenvalue weighted by Crippen LogP contribution is -2.51. The van der Waals surface area contributed by atoms with Crippen LogP contribution in [0.4, 0.5) is 5.69 Å². The van der Waals surface area contributed by atoms with Crippen LogP contribution in [0.15, 0.2) is 24.3 Å². The highest BCUT2D eigenvalue weighted by Gasteiger charge is 2.31. The minimum atomic E-state index is -0.0321. The van der Waals surface area contributed by atoms with E-state index in [2.05, 4.69) is 4.98 Å². The molecule has 94 valence electrons. The summed E-state index contributed by atoms with van der Waals surface area (Å²) in [6.07, 6.45) is 0. The number of nitrogen functional groups attached to an aromatic ring is 1. The highest BCUT2D eigenvalue weighted by atomic mass is 16.3. The molecule has 5 heteroatoms. The molecule has 0 aliphatic carbocycles. The van der Waals surface area contributed by atoms with Gasteiger partial charge in [0.2, 0.25) is 0 Å². The van der Waals surface area contributed by atoms with Gasteiger partial charge >= 0.3 is 0 Å². The smallest absolute Gasteiger partial charge is 0.270 e. The van der Waals surface area contributed by atoms with Gasteiger partial charge in [0.1, 0.15) is 5.69 Å². The van der Waals surface area contributed by atoms with Gasteiger partial charge in [0, 0.05) is 31.0 Å². The van der Waals surface area contributed by atoms with E-state index in [1.165, 1.54) is 0 Å². The molecule has 0 spiro atoms. The first kappa shape index (κ1) is 11.1. The van der Waals surface area contributed by atoms with Gasteiger partial charge < -0.3 is 20.7 Å². The Morgan fingerprint density at radius 2 is 2.28 bits per heavy atom. The number of rotatable bonds is 2. The van der Waals surface area contributed by atoms with E-state index in [0.29, 0.717) is 24.5 Å². The van der Waals surface area contributed by atoms with Gasteiger partial charge in [-0.3, -0.25) is 4.79 Å². The molecule has 1 saturated heterocycles. The zero-order chi connectivity index (χ0) is 12.7. The van der Waals surface area contributed by atoms with Crippen LogP contribution in [0.2, 0.25) is 0 Å². The van der Waals surface area contributed by atoms with Gasteiger partial charge in [0.05, 0.1) is 11.2 Å². The lowest BCUT2D eigenvalue weighted by atomic mass is 10.0. The minimum absolute atomic E-state index is 0.0321. The summed E-state index contributed by atoms with van der Waals surface area (Å²) in [5, 5.41) is 9.89. The van der Waals surface area contributed by atoms with Gasteiger partial charge in [0.25, 0.3) is 5.91 Å². The SMILES string of the molecule is Nc1cccc2cc(C(=O)N3CC(CO)C3)[nH]c12. The van der Waals surface area contributed by atoms with Crippen LogP contribution in [0, 0.1) is 5.92 Å². The number of hydrogen-bond donors (Lipinski definition) is 3. The second-order valence-electron chi connectivity index (χ2n) is 4.75. The van der Waals surface area contributed by atoms with Crippen molar-refractivity contribution >= 4 is 22.5 Å². The normalized spacial score (nSPS) is 15.9. The molecular formula is C13H15N3O2. The minimum Gasteiger partial charge on any atom is -0.397 e. The van der Waals surface area contributed by atoms with E-state index < -0.39 is 0 Å². The maximum atomic E-state index is 12.1. The number of amides is 1. The second-order valence-corrected chi connectivity index (χ2v) is 4.75. The van der Waals surface area contributed by atoms with Gasteiger partial charge in [-0.1, -0.05) is 12.1 Å². The summed E-state index contributed by atoms with van der Waals surface area (Å²) < 4.78 is 0. The fourth-order valence-electron chi connectivity index (χ4n) is 2.32. The number of para-hydroxylation sites is 1. The Kier molecular flexibility index (Phi) is 2.48. The third-order valence-electron chi connectivity index (χ3n) is 3.42. The van der Waals surface area contributed by atoms with Crippen LogP contribution in [0.3, 0.4) is 0 Å². The molecule has 1 aromatic heterocycles. The van der Waals surface area contributed by atoms with E-state index in [9.17, 15) is 4.79 Å². The van der Waals surface area contributed by atoms with Crippen LogP contribution in [-0.2, 0) is 0 Å². The number of nitrogens with two attached hydrogens (primary N) is 1. The number of anilines is 1. The Balaban J connectivity index is 1.87. The molecular weight excluding hydrogens is 230 g/mol. The summed E-state index contributed by atoms with van der Waals surface area (Å²) in [5.74, 6) is 0.193. The van der Waals surface area contributed by atoms with Crippen molar-refractivity contribution < 1.29 is 9.90 Å². The number of aromatic nitrogens is 1. The van der Waals surface area contributed by atoms with Crippen molar-refractivity contribution in [3.05, 3.63) is 30.0 Å². The van der Waals surface area contributed by atoms with Gasteiger partial charge in [-0.15, -0.1) is 0 Å². The number of nitrogens with zero attached hydrogens (tertiary/aromatic N) is 1. The molecule has 0 bridgehead atoms. The quantitative estimate of drug-likeness (QED) is 0.685. The molecule has 1 aliphatic rings. The van der Waals surface area contributed by atoms with Crippen LogP contribution in [0.5, 0.6) is 0 Å². The number of hydrogen-bond acceptors (Lipinski definition) is 3. The van der Waals surface area contributed by atoms with Crippen LogP contribution in [0.1, 0.15) is 10.5 Å². The lowest BCUT2D eigenvalue weighted by molar-refractivity contribution is 0.0357. The van der Waals surface area contributed by atoms with Gasteiger partial charge in [-0.05, 0) is 12.1 Å². The summed E-state index contributed by atoms with van der Waals surface area (Å²) >= 11 is 0. The fraction of sp³-hybridized carbons (Fsp3) is 0.308. The Morgan fingerprint density at radius 1 is 1.50 bits per heavy atom. The number of benzene rings is 1. The third kappa shape index (κ3) is 1.64. The van der Waals surface area contributed by atoms with Crippen LogP contribution in [0.25, 0.3) is 10.9 Å². The van der Waals surface area contributed by atoms with Crippen molar-refractivity contribution in [2.24, 2.45) is 5.92 Å². The monoisotopic (exact) mass is 245 g/mol. The summed E-state index contributed by atoms with van der Waals surface area (Å²) in [6.45, 7) is 1.39. The van der Waals surface area contributed by atoms with Crippen molar-refractivity contribution in [2.45, 2.75) is 0 Å². The fourth-order valence-corrected chi connectivity index (χ4v) is 2.32. The zero-order valence-corrected chi connectivity index (χ0v) is 9.89.